The van der Waals surface area contributed by atoms with E-state index in [4.69, 9.17) is 4.74 Å². The third-order valence-electron chi connectivity index (χ3n) is 4.41. The van der Waals surface area contributed by atoms with Crippen molar-refractivity contribution in [1.82, 2.24) is 4.31 Å². The summed E-state index contributed by atoms with van der Waals surface area (Å²) in [6, 6.07) is 6.29. The van der Waals surface area contributed by atoms with Gasteiger partial charge in [-0.1, -0.05) is 12.8 Å². The van der Waals surface area contributed by atoms with Crippen LogP contribution < -0.4 is 10.1 Å². The fraction of sp³-hybridized carbons (Fsp3) is 0.389. The van der Waals surface area contributed by atoms with E-state index in [9.17, 15) is 13.2 Å². The van der Waals surface area contributed by atoms with Gasteiger partial charge >= 0.3 is 0 Å². The van der Waals surface area contributed by atoms with Gasteiger partial charge in [-0.15, -0.1) is 0 Å². The SMILES string of the molecule is COc1ccc(S(=O)(=O)N2CCCCCC2)cc1NC(=O)c1ccsc1. The first-order valence-electron chi connectivity index (χ1n) is 8.54. The Hall–Kier alpha value is -1.90. The minimum Gasteiger partial charge on any atom is -0.495 e. The molecule has 1 saturated heterocycles. The molecule has 1 aromatic carbocycles. The van der Waals surface area contributed by atoms with Crippen molar-refractivity contribution in [2.24, 2.45) is 0 Å². The number of thiophene rings is 1. The number of hydrogen-bond acceptors (Lipinski definition) is 5. The molecular formula is C18H22N2O4S2. The van der Waals surface area contributed by atoms with Crippen LogP contribution >= 0.6 is 11.3 Å². The van der Waals surface area contributed by atoms with Gasteiger partial charge in [-0.3, -0.25) is 4.79 Å². The lowest BCUT2D eigenvalue weighted by atomic mass is 10.2. The third-order valence-corrected chi connectivity index (χ3v) is 6.98. The van der Waals surface area contributed by atoms with Crippen LogP contribution in [0.25, 0.3) is 0 Å². The molecule has 0 atom stereocenters. The molecule has 1 aliphatic heterocycles. The maximum Gasteiger partial charge on any atom is 0.256 e. The highest BCUT2D eigenvalue weighted by Crippen LogP contribution is 2.30. The number of rotatable bonds is 5. The van der Waals surface area contributed by atoms with E-state index in [1.807, 2.05) is 5.38 Å². The fourth-order valence-electron chi connectivity index (χ4n) is 2.96. The molecule has 0 unspecified atom stereocenters. The summed E-state index contributed by atoms with van der Waals surface area (Å²) in [4.78, 5) is 12.5. The second-order valence-electron chi connectivity index (χ2n) is 6.15. The minimum absolute atomic E-state index is 0.167. The van der Waals surface area contributed by atoms with Crippen LogP contribution in [-0.2, 0) is 10.0 Å². The fourth-order valence-corrected chi connectivity index (χ4v) is 5.14. The molecule has 1 N–H and O–H groups in total. The maximum absolute atomic E-state index is 13.0. The molecule has 0 spiro atoms. The van der Waals surface area contributed by atoms with Crippen LogP contribution in [0, 0.1) is 0 Å². The standard InChI is InChI=1S/C18H22N2O4S2/c1-24-17-7-6-15(26(22,23)20-9-4-2-3-5-10-20)12-16(17)19-18(21)14-8-11-25-13-14/h6-8,11-13H,2-5,9-10H2,1H3,(H,19,21). The number of hydrogen-bond donors (Lipinski definition) is 1. The number of methoxy groups -OCH3 is 1. The number of nitrogens with one attached hydrogen (secondary N) is 1. The Morgan fingerprint density at radius 1 is 1.15 bits per heavy atom. The van der Waals surface area contributed by atoms with Gasteiger partial charge in [0.15, 0.2) is 0 Å². The molecular weight excluding hydrogens is 372 g/mol. The van der Waals surface area contributed by atoms with E-state index >= 15 is 0 Å². The Balaban J connectivity index is 1.90. The molecule has 0 radical (unpaired) electrons. The number of carbonyl (C=O) groups excluding carboxylic acids is 1. The zero-order valence-corrected chi connectivity index (χ0v) is 16.2. The number of anilines is 1. The van der Waals surface area contributed by atoms with Crippen LogP contribution in [-0.4, -0.2) is 38.8 Å². The highest BCUT2D eigenvalue weighted by atomic mass is 32.2. The number of ether oxygens (including phenoxy) is 1. The van der Waals surface area contributed by atoms with Crippen molar-refractivity contribution in [2.75, 3.05) is 25.5 Å². The summed E-state index contributed by atoms with van der Waals surface area (Å²) in [7, 11) is -2.11. The zero-order chi connectivity index (χ0) is 18.6. The Morgan fingerprint density at radius 2 is 1.88 bits per heavy atom. The molecule has 140 valence electrons. The van der Waals surface area contributed by atoms with Crippen molar-refractivity contribution in [3.05, 3.63) is 40.6 Å². The Kier molecular flexibility index (Phi) is 5.95. The van der Waals surface area contributed by atoms with Gasteiger partial charge in [0.2, 0.25) is 10.0 Å². The lowest BCUT2D eigenvalue weighted by Crippen LogP contribution is -2.32. The lowest BCUT2D eigenvalue weighted by molar-refractivity contribution is 0.102. The monoisotopic (exact) mass is 394 g/mol. The third kappa shape index (κ3) is 4.08. The molecule has 26 heavy (non-hydrogen) atoms. The first-order valence-corrected chi connectivity index (χ1v) is 10.9. The molecule has 3 rings (SSSR count). The predicted molar refractivity (Wildman–Crippen MR) is 102 cm³/mol. The van der Waals surface area contributed by atoms with Gasteiger partial charge in [-0.2, -0.15) is 15.6 Å². The van der Waals surface area contributed by atoms with E-state index in [2.05, 4.69) is 5.32 Å². The van der Waals surface area contributed by atoms with E-state index in [-0.39, 0.29) is 10.8 Å². The van der Waals surface area contributed by atoms with Gasteiger partial charge in [-0.05, 0) is 42.5 Å². The molecule has 1 aliphatic rings. The summed E-state index contributed by atoms with van der Waals surface area (Å²) in [5.74, 6) is 0.122. The van der Waals surface area contributed by atoms with E-state index in [1.165, 1.54) is 34.9 Å². The molecule has 1 amide bonds. The van der Waals surface area contributed by atoms with Gasteiger partial charge < -0.3 is 10.1 Å². The quantitative estimate of drug-likeness (QED) is 0.841. The van der Waals surface area contributed by atoms with Crippen molar-refractivity contribution in [3.63, 3.8) is 0 Å². The minimum atomic E-state index is -3.59. The molecule has 0 aliphatic carbocycles. The van der Waals surface area contributed by atoms with Crippen molar-refractivity contribution < 1.29 is 17.9 Å². The van der Waals surface area contributed by atoms with Crippen molar-refractivity contribution >= 4 is 33.0 Å². The Labute approximate surface area is 157 Å². The number of benzene rings is 1. The average Bonchev–Trinajstić information content (AvgIpc) is 3.03. The van der Waals surface area contributed by atoms with Crippen LogP contribution in [0.5, 0.6) is 5.75 Å². The first kappa shape index (κ1) is 18.9. The number of nitrogens with zero attached hydrogens (tertiary/aromatic N) is 1. The van der Waals surface area contributed by atoms with Crippen molar-refractivity contribution in [1.29, 1.82) is 0 Å². The summed E-state index contributed by atoms with van der Waals surface area (Å²) >= 11 is 1.42. The van der Waals surface area contributed by atoms with Crippen LogP contribution in [0.2, 0.25) is 0 Å². The highest BCUT2D eigenvalue weighted by Gasteiger charge is 2.26. The van der Waals surface area contributed by atoms with Gasteiger partial charge in [-0.25, -0.2) is 8.42 Å². The normalized spacial score (nSPS) is 16.0. The highest BCUT2D eigenvalue weighted by molar-refractivity contribution is 7.89. The molecule has 1 fully saturated rings. The molecule has 8 heteroatoms. The number of sulfonamides is 1. The van der Waals surface area contributed by atoms with E-state index in [0.717, 1.165) is 25.7 Å². The van der Waals surface area contributed by atoms with Gasteiger partial charge in [0, 0.05) is 18.5 Å². The van der Waals surface area contributed by atoms with Crippen LogP contribution in [0.3, 0.4) is 0 Å². The molecule has 1 aromatic heterocycles. The average molecular weight is 395 g/mol. The second-order valence-corrected chi connectivity index (χ2v) is 8.86. The zero-order valence-electron chi connectivity index (χ0n) is 14.6. The molecule has 2 aromatic rings. The van der Waals surface area contributed by atoms with Crippen molar-refractivity contribution in [2.45, 2.75) is 30.6 Å². The molecule has 6 nitrogen and oxygen atoms in total. The molecule has 0 bridgehead atoms. The lowest BCUT2D eigenvalue weighted by Gasteiger charge is -2.21. The molecule has 2 heterocycles. The van der Waals surface area contributed by atoms with Gasteiger partial charge in [0.1, 0.15) is 5.75 Å². The first-order chi connectivity index (χ1) is 12.5. The van der Waals surface area contributed by atoms with Crippen LogP contribution in [0.1, 0.15) is 36.0 Å². The molecule has 0 saturated carbocycles. The van der Waals surface area contributed by atoms with E-state index in [0.29, 0.717) is 30.1 Å². The van der Waals surface area contributed by atoms with Crippen LogP contribution in [0.4, 0.5) is 5.69 Å². The maximum atomic E-state index is 13.0. The topological polar surface area (TPSA) is 75.7 Å². The second kappa shape index (κ2) is 8.20. The largest absolute Gasteiger partial charge is 0.495 e. The summed E-state index contributed by atoms with van der Waals surface area (Å²) in [6.07, 6.45) is 3.85. The van der Waals surface area contributed by atoms with Gasteiger partial charge in [0.25, 0.3) is 5.91 Å². The van der Waals surface area contributed by atoms with Crippen LogP contribution in [0.15, 0.2) is 39.9 Å². The van der Waals surface area contributed by atoms with Crippen molar-refractivity contribution in [3.8, 4) is 5.75 Å². The summed E-state index contributed by atoms with van der Waals surface area (Å²) in [5.41, 5.74) is 0.873. The number of amides is 1. The summed E-state index contributed by atoms with van der Waals surface area (Å²) < 4.78 is 32.8. The predicted octanol–water partition coefficient (Wildman–Crippen LogP) is 3.57. The smallest absolute Gasteiger partial charge is 0.256 e. The number of carbonyl (C=O) groups is 1. The summed E-state index contributed by atoms with van der Waals surface area (Å²) in [5, 5.41) is 6.30. The summed E-state index contributed by atoms with van der Waals surface area (Å²) in [6.45, 7) is 1.07. The Bertz CT molecular complexity index is 855. The Morgan fingerprint density at radius 3 is 2.50 bits per heavy atom. The van der Waals surface area contributed by atoms with E-state index in [1.54, 1.807) is 17.5 Å². The van der Waals surface area contributed by atoms with Gasteiger partial charge in [0.05, 0.1) is 23.3 Å². The van der Waals surface area contributed by atoms with E-state index < -0.39 is 10.0 Å².